The topological polar surface area (TPSA) is 0 Å². The van der Waals surface area contributed by atoms with Crippen molar-refractivity contribution in [1.29, 1.82) is 0 Å². The first kappa shape index (κ1) is 22.4. The zero-order valence-corrected chi connectivity index (χ0v) is 18.9. The summed E-state index contributed by atoms with van der Waals surface area (Å²) in [6.45, 7) is 8.86. The van der Waals surface area contributed by atoms with E-state index in [-0.39, 0.29) is 0 Å². The Morgan fingerprint density at radius 1 is 0.792 bits per heavy atom. The first-order chi connectivity index (χ1) is 11.6. The minimum atomic E-state index is 0.295. The van der Waals surface area contributed by atoms with E-state index >= 15 is 0 Å². The van der Waals surface area contributed by atoms with E-state index in [1.807, 2.05) is 59.2 Å². The monoisotopic (exact) mass is 418 g/mol. The van der Waals surface area contributed by atoms with Gasteiger partial charge in [0, 0.05) is 19.4 Å². The molecule has 134 valence electrons. The maximum Gasteiger partial charge on any atom is 0.0406 e. The van der Waals surface area contributed by atoms with Gasteiger partial charge in [0.05, 0.1) is 0 Å². The van der Waals surface area contributed by atoms with Gasteiger partial charge in [-0.05, 0) is 40.7 Å². The normalized spacial score (nSPS) is 10.8. The molecule has 0 aromatic heterocycles. The van der Waals surface area contributed by atoms with Gasteiger partial charge in [-0.1, -0.05) is 63.6 Å². The number of thioether (sulfide) groups is 4. The highest BCUT2D eigenvalue weighted by Gasteiger charge is 2.11. The zero-order valence-electron chi connectivity index (χ0n) is 14.9. The van der Waals surface area contributed by atoms with Crippen molar-refractivity contribution in [2.45, 2.75) is 33.6 Å². The Kier molecular flexibility index (Phi) is 12.7. The van der Waals surface area contributed by atoms with E-state index < -0.39 is 0 Å². The Labute approximate surface area is 170 Å². The molecule has 0 aliphatic carbocycles. The molecule has 1 aromatic rings. The molecule has 0 saturated carbocycles. The molecule has 0 fully saturated rings. The molecule has 0 bridgehead atoms. The lowest BCUT2D eigenvalue weighted by Gasteiger charge is -2.14. The van der Waals surface area contributed by atoms with Crippen molar-refractivity contribution in [1.82, 2.24) is 0 Å². The summed E-state index contributed by atoms with van der Waals surface area (Å²) in [4.78, 5) is 0. The van der Waals surface area contributed by atoms with Gasteiger partial charge in [-0.25, -0.2) is 0 Å². The number of hydrogen-bond donors (Lipinski definition) is 0. The molecule has 0 aliphatic rings. The molecule has 0 radical (unpaired) electrons. The largest absolute Gasteiger partial charge is 0.120 e. The Morgan fingerprint density at radius 2 is 1.17 bits per heavy atom. The van der Waals surface area contributed by atoms with E-state index in [1.165, 1.54) is 14.0 Å². The van der Waals surface area contributed by atoms with E-state index in [1.54, 1.807) is 0 Å². The van der Waals surface area contributed by atoms with Crippen molar-refractivity contribution in [3.63, 3.8) is 0 Å². The fourth-order valence-electron chi connectivity index (χ4n) is 2.06. The van der Waals surface area contributed by atoms with Gasteiger partial charge in [0.2, 0.25) is 0 Å². The molecular formula is C19H27ClS4. The Morgan fingerprint density at radius 3 is 1.50 bits per heavy atom. The van der Waals surface area contributed by atoms with Crippen LogP contribution in [-0.4, -0.2) is 23.0 Å². The van der Waals surface area contributed by atoms with Crippen molar-refractivity contribution in [2.75, 3.05) is 23.0 Å². The molecule has 24 heavy (non-hydrogen) atoms. The summed E-state index contributed by atoms with van der Waals surface area (Å²) in [7, 11) is 0. The summed E-state index contributed by atoms with van der Waals surface area (Å²) in [5.74, 6) is 4.72. The van der Waals surface area contributed by atoms with Crippen LogP contribution in [0.4, 0.5) is 0 Å². The molecule has 0 N–H and O–H groups in total. The number of benzene rings is 1. The van der Waals surface area contributed by atoms with Crippen LogP contribution in [0.5, 0.6) is 0 Å². The van der Waals surface area contributed by atoms with Crippen LogP contribution >= 0.6 is 58.6 Å². The van der Waals surface area contributed by atoms with Crippen LogP contribution in [0.15, 0.2) is 44.9 Å². The average Bonchev–Trinajstić information content (AvgIpc) is 2.56. The van der Waals surface area contributed by atoms with E-state index in [0.29, 0.717) is 5.92 Å². The number of allylic oxidation sites excluding steroid dienone is 2. The van der Waals surface area contributed by atoms with Gasteiger partial charge in [-0.2, -0.15) is 0 Å². The number of rotatable bonds is 11. The Hall–Kier alpha value is 0.390. The highest BCUT2D eigenvalue weighted by atomic mass is 35.5. The van der Waals surface area contributed by atoms with E-state index in [2.05, 4.69) is 52.0 Å². The third-order valence-corrected chi connectivity index (χ3v) is 7.54. The summed E-state index contributed by atoms with van der Waals surface area (Å²) < 4.78 is 2.83. The second-order valence-electron chi connectivity index (χ2n) is 4.78. The summed E-state index contributed by atoms with van der Waals surface area (Å²) in [5, 5.41) is 0.794. The van der Waals surface area contributed by atoms with Crippen LogP contribution in [0.1, 0.15) is 39.2 Å². The van der Waals surface area contributed by atoms with Gasteiger partial charge < -0.3 is 0 Å². The van der Waals surface area contributed by atoms with Gasteiger partial charge in [-0.3, -0.25) is 0 Å². The lowest BCUT2D eigenvalue weighted by Crippen LogP contribution is -1.94. The summed E-state index contributed by atoms with van der Waals surface area (Å²) in [6, 6.07) is 8.28. The number of halogens is 1. The molecular weight excluding hydrogens is 392 g/mol. The second kappa shape index (κ2) is 13.6. The highest BCUT2D eigenvalue weighted by Crippen LogP contribution is 2.37. The lowest BCUT2D eigenvalue weighted by atomic mass is 10.00. The summed E-state index contributed by atoms with van der Waals surface area (Å²) in [6.07, 6.45) is 4.83. The van der Waals surface area contributed by atoms with Crippen molar-refractivity contribution < 1.29 is 0 Å². The molecule has 0 aliphatic heterocycles. The molecule has 0 spiro atoms. The van der Waals surface area contributed by atoms with Crippen molar-refractivity contribution in [3.05, 3.63) is 55.5 Å². The molecule has 0 heterocycles. The van der Waals surface area contributed by atoms with Gasteiger partial charge in [0.25, 0.3) is 0 Å². The predicted molar refractivity (Wildman–Crippen MR) is 123 cm³/mol. The van der Waals surface area contributed by atoms with Crippen molar-refractivity contribution in [3.8, 4) is 0 Å². The van der Waals surface area contributed by atoms with Crippen LogP contribution in [-0.2, 0) is 0 Å². The number of hydrogen-bond acceptors (Lipinski definition) is 4. The maximum absolute atomic E-state index is 6.08. The fourth-order valence-corrected chi connectivity index (χ4v) is 6.38. The zero-order chi connectivity index (χ0) is 17.8. The first-order valence-electron chi connectivity index (χ1n) is 8.34. The van der Waals surface area contributed by atoms with Crippen LogP contribution in [0.2, 0.25) is 5.02 Å². The van der Waals surface area contributed by atoms with E-state index in [0.717, 1.165) is 28.0 Å². The second-order valence-corrected chi connectivity index (χ2v) is 11.0. The first-order valence-corrected chi connectivity index (χ1v) is 12.7. The minimum absolute atomic E-state index is 0.295. The fraction of sp³-hybridized carbons (Fsp3) is 0.474. The highest BCUT2D eigenvalue weighted by molar-refractivity contribution is 8.22. The van der Waals surface area contributed by atoms with Gasteiger partial charge in [-0.15, -0.1) is 47.0 Å². The summed E-state index contributed by atoms with van der Waals surface area (Å²) in [5.41, 5.74) is 1.30. The van der Waals surface area contributed by atoms with Crippen molar-refractivity contribution in [2.24, 2.45) is 0 Å². The van der Waals surface area contributed by atoms with E-state index in [9.17, 15) is 0 Å². The van der Waals surface area contributed by atoms with Crippen LogP contribution in [0, 0.1) is 0 Å². The molecule has 0 atom stereocenters. The quantitative estimate of drug-likeness (QED) is 0.355. The van der Waals surface area contributed by atoms with Crippen LogP contribution < -0.4 is 0 Å². The molecule has 0 amide bonds. The van der Waals surface area contributed by atoms with Gasteiger partial charge in [0.1, 0.15) is 0 Å². The lowest BCUT2D eigenvalue weighted by molar-refractivity contribution is 1.08. The Balaban J connectivity index is 3.20. The SMILES string of the molecule is CCSC(=CC(C=C(SCC)SCC)c1ccc(Cl)cc1)SCC. The third kappa shape index (κ3) is 8.66. The predicted octanol–water partition coefficient (Wildman–Crippen LogP) is 8.12. The molecule has 5 heteroatoms. The maximum atomic E-state index is 6.08. The van der Waals surface area contributed by atoms with Gasteiger partial charge >= 0.3 is 0 Å². The molecule has 0 nitrogen and oxygen atoms in total. The molecule has 1 rings (SSSR count). The average molecular weight is 419 g/mol. The summed E-state index contributed by atoms with van der Waals surface area (Å²) >= 11 is 13.8. The molecule has 0 unspecified atom stereocenters. The molecule has 1 aromatic carbocycles. The third-order valence-electron chi connectivity index (χ3n) is 3.03. The van der Waals surface area contributed by atoms with E-state index in [4.69, 9.17) is 11.6 Å². The Bertz CT molecular complexity index is 481. The minimum Gasteiger partial charge on any atom is -0.120 e. The van der Waals surface area contributed by atoms with Gasteiger partial charge in [0.15, 0.2) is 0 Å². The molecule has 0 saturated heterocycles. The smallest absolute Gasteiger partial charge is 0.0406 e. The van der Waals surface area contributed by atoms with Crippen LogP contribution in [0.3, 0.4) is 0 Å². The van der Waals surface area contributed by atoms with Crippen molar-refractivity contribution >= 4 is 58.6 Å². The van der Waals surface area contributed by atoms with Crippen LogP contribution in [0.25, 0.3) is 0 Å². The standard InChI is InChI=1S/C19H27ClS4/c1-5-21-18(22-6-2)13-16(14-19(23-7-3)24-8-4)15-9-11-17(20)12-10-15/h9-14,16H,5-8H2,1-4H3.